The minimum Gasteiger partial charge on any atom is -0.481 e. The average Bonchev–Trinajstić information content (AvgIpc) is 1.59. The summed E-state index contributed by atoms with van der Waals surface area (Å²) in [5, 5.41) is 7.91. The fourth-order valence-corrected chi connectivity index (χ4v) is 1.25. The van der Waals surface area contributed by atoms with Gasteiger partial charge in [0.2, 0.25) is 0 Å². The smallest absolute Gasteiger partial charge is 0.384 e. The molecule has 0 rings (SSSR count). The molecule has 0 fully saturated rings. The van der Waals surface area contributed by atoms with E-state index in [-0.39, 0.29) is 11.4 Å². The second kappa shape index (κ2) is 3.22. The van der Waals surface area contributed by atoms with Gasteiger partial charge < -0.3 is 14.9 Å². The Labute approximate surface area is 55.0 Å². The molecular weight excluding hydrogens is 167 g/mol. The Bertz CT molecular complexity index is 149. The maximum Gasteiger partial charge on any atom is 0.384 e. The van der Waals surface area contributed by atoms with Gasteiger partial charge in [0, 0.05) is 0 Å². The van der Waals surface area contributed by atoms with Gasteiger partial charge in [-0.05, 0) is 11.4 Å². The Kier molecular flexibility index (Phi) is 3.21. The second-order valence-electron chi connectivity index (χ2n) is 1.16. The fraction of sp³-hybridized carbons (Fsp3) is 0.500. The zero-order chi connectivity index (χ0) is 7.49. The molecule has 54 valence electrons. The molecule has 0 atom stereocenters. The van der Waals surface area contributed by atoms with E-state index >= 15 is 0 Å². The monoisotopic (exact) mass is 172 g/mol. The summed E-state index contributed by atoms with van der Waals surface area (Å²) in [6.07, 6.45) is 0. The lowest BCUT2D eigenvalue weighted by Gasteiger charge is -1.97. The van der Waals surface area contributed by atoms with Crippen LogP contribution in [-0.4, -0.2) is 26.6 Å². The molecule has 0 unspecified atom stereocenters. The Morgan fingerprint density at radius 1 is 1.56 bits per heavy atom. The molecule has 0 spiro atoms. The van der Waals surface area contributed by atoms with E-state index in [1.54, 1.807) is 0 Å². The summed E-state index contributed by atoms with van der Waals surface area (Å²) in [6.45, 7) is -4.18. The van der Waals surface area contributed by atoms with Crippen molar-refractivity contribution in [2.24, 2.45) is 0 Å². The van der Waals surface area contributed by atoms with Crippen molar-refractivity contribution >= 4 is 24.1 Å². The van der Waals surface area contributed by atoms with Crippen LogP contribution in [-0.2, 0) is 9.36 Å². The van der Waals surface area contributed by atoms with Crippen LogP contribution in [0, 0.1) is 0 Å². The largest absolute Gasteiger partial charge is 0.481 e. The van der Waals surface area contributed by atoms with Crippen LogP contribution in [0.15, 0.2) is 0 Å². The van der Waals surface area contributed by atoms with E-state index in [4.69, 9.17) is 14.9 Å². The molecule has 3 N–H and O–H groups in total. The predicted octanol–water partition coefficient (Wildman–Crippen LogP) is -0.103. The van der Waals surface area contributed by atoms with Crippen LogP contribution >= 0.6 is 18.2 Å². The zero-order valence-electron chi connectivity index (χ0n) is 4.22. The molecule has 5 nitrogen and oxygen atoms in total. The molecule has 0 aliphatic rings. The lowest BCUT2D eigenvalue weighted by Crippen LogP contribution is -1.96. The molecule has 0 aromatic rings. The summed E-state index contributed by atoms with van der Waals surface area (Å²) in [5.41, 5.74) is 0. The number of hydrogen-bond acceptors (Lipinski definition) is 3. The van der Waals surface area contributed by atoms with E-state index in [1.807, 2.05) is 0 Å². The van der Waals surface area contributed by atoms with Crippen molar-refractivity contribution in [1.82, 2.24) is 0 Å². The first kappa shape index (κ1) is 8.97. The standard InChI is InChI=1S/C2H5O5PS/c3-2(4)1-9-8(5,6)7/h1H2,(H,3,4)(H2,5,6,7). The molecule has 0 aromatic heterocycles. The quantitative estimate of drug-likeness (QED) is 0.514. The third-order valence-corrected chi connectivity index (χ3v) is 2.46. The highest BCUT2D eigenvalue weighted by Crippen LogP contribution is 2.49. The Hall–Kier alpha value is -0.0300. The first-order chi connectivity index (χ1) is 3.92. The van der Waals surface area contributed by atoms with Crippen molar-refractivity contribution in [2.75, 3.05) is 5.75 Å². The number of carboxylic acids is 1. The van der Waals surface area contributed by atoms with E-state index in [1.165, 1.54) is 0 Å². The number of carboxylic acid groups (broad SMARTS) is 1. The maximum absolute atomic E-state index is 9.93. The third-order valence-electron chi connectivity index (χ3n) is 0.356. The number of aliphatic carboxylic acids is 1. The summed E-state index contributed by atoms with van der Waals surface area (Å²) in [7, 11) is 0. The van der Waals surface area contributed by atoms with Crippen LogP contribution in [0.25, 0.3) is 0 Å². The molecule has 0 bridgehead atoms. The van der Waals surface area contributed by atoms with E-state index in [9.17, 15) is 9.36 Å². The maximum atomic E-state index is 9.93. The summed E-state index contributed by atoms with van der Waals surface area (Å²) in [6, 6.07) is 0. The average molecular weight is 172 g/mol. The van der Waals surface area contributed by atoms with Gasteiger partial charge >= 0.3 is 12.8 Å². The van der Waals surface area contributed by atoms with Crippen LogP contribution in [0.4, 0.5) is 0 Å². The van der Waals surface area contributed by atoms with Crippen LogP contribution < -0.4 is 0 Å². The number of rotatable bonds is 3. The van der Waals surface area contributed by atoms with Crippen molar-refractivity contribution in [3.05, 3.63) is 0 Å². The summed E-state index contributed by atoms with van der Waals surface area (Å²) in [4.78, 5) is 25.8. The van der Waals surface area contributed by atoms with E-state index in [0.717, 1.165) is 0 Å². The molecule has 0 aliphatic heterocycles. The first-order valence-corrected chi connectivity index (χ1v) is 5.04. The van der Waals surface area contributed by atoms with Crippen molar-refractivity contribution in [3.63, 3.8) is 0 Å². The van der Waals surface area contributed by atoms with Crippen LogP contribution in [0.3, 0.4) is 0 Å². The Morgan fingerprint density at radius 2 is 2.00 bits per heavy atom. The molecule has 0 aliphatic carbocycles. The van der Waals surface area contributed by atoms with Gasteiger partial charge in [-0.3, -0.25) is 4.79 Å². The minimum atomic E-state index is -4.18. The number of carbonyl (C=O) groups is 1. The summed E-state index contributed by atoms with van der Waals surface area (Å²) < 4.78 is 9.93. The van der Waals surface area contributed by atoms with Crippen molar-refractivity contribution in [2.45, 2.75) is 0 Å². The third kappa shape index (κ3) is 7.97. The SMILES string of the molecule is O=C(O)CSP(=O)(O)O. The van der Waals surface area contributed by atoms with Crippen molar-refractivity contribution in [1.29, 1.82) is 0 Å². The van der Waals surface area contributed by atoms with Gasteiger partial charge in [-0.1, -0.05) is 0 Å². The number of hydrogen-bond donors (Lipinski definition) is 3. The Balaban J connectivity index is 3.53. The molecule has 0 saturated heterocycles. The predicted molar refractivity (Wildman–Crippen MR) is 32.1 cm³/mol. The highest BCUT2D eigenvalue weighted by Gasteiger charge is 2.15. The van der Waals surface area contributed by atoms with E-state index in [0.29, 0.717) is 0 Å². The highest BCUT2D eigenvalue weighted by atomic mass is 32.7. The van der Waals surface area contributed by atoms with Crippen LogP contribution in [0.2, 0.25) is 0 Å². The van der Waals surface area contributed by atoms with Gasteiger partial charge in [-0.15, -0.1) is 0 Å². The lowest BCUT2D eigenvalue weighted by atomic mass is 10.8. The summed E-state index contributed by atoms with van der Waals surface area (Å²) in [5.74, 6) is -1.80. The lowest BCUT2D eigenvalue weighted by molar-refractivity contribution is -0.133. The highest BCUT2D eigenvalue weighted by molar-refractivity contribution is 8.54. The normalized spacial score (nSPS) is 11.3. The van der Waals surface area contributed by atoms with Crippen LogP contribution in [0.5, 0.6) is 0 Å². The van der Waals surface area contributed by atoms with Gasteiger partial charge in [0.05, 0.1) is 0 Å². The van der Waals surface area contributed by atoms with Crippen molar-refractivity contribution < 1.29 is 24.3 Å². The topological polar surface area (TPSA) is 94.8 Å². The van der Waals surface area contributed by atoms with Gasteiger partial charge in [-0.25, -0.2) is 4.57 Å². The van der Waals surface area contributed by atoms with Gasteiger partial charge in [-0.2, -0.15) is 0 Å². The van der Waals surface area contributed by atoms with Gasteiger partial charge in [0.15, 0.2) is 0 Å². The van der Waals surface area contributed by atoms with E-state index in [2.05, 4.69) is 0 Å². The Morgan fingerprint density at radius 3 is 2.11 bits per heavy atom. The molecule has 0 amide bonds. The van der Waals surface area contributed by atoms with Crippen molar-refractivity contribution in [3.8, 4) is 0 Å². The molecule has 0 saturated carbocycles. The van der Waals surface area contributed by atoms with Crippen LogP contribution in [0.1, 0.15) is 0 Å². The van der Waals surface area contributed by atoms with Gasteiger partial charge in [0.25, 0.3) is 0 Å². The molecular formula is C2H5O5PS. The first-order valence-electron chi connectivity index (χ1n) is 1.84. The molecule has 0 aromatic carbocycles. The molecule has 0 heterocycles. The van der Waals surface area contributed by atoms with E-state index < -0.39 is 18.5 Å². The second-order valence-corrected chi connectivity index (χ2v) is 4.89. The summed E-state index contributed by atoms with van der Waals surface area (Å²) >= 11 is 0.109. The minimum absolute atomic E-state index is 0.109. The zero-order valence-corrected chi connectivity index (χ0v) is 5.93. The van der Waals surface area contributed by atoms with Gasteiger partial charge in [0.1, 0.15) is 5.75 Å². The molecule has 7 heteroatoms. The fourth-order valence-electron chi connectivity index (χ4n) is 0.139. The molecule has 0 radical (unpaired) electrons. The molecule has 9 heavy (non-hydrogen) atoms.